The van der Waals surface area contributed by atoms with Gasteiger partial charge >= 0.3 is 0 Å². The minimum Gasteiger partial charge on any atom is -0.455 e. The summed E-state index contributed by atoms with van der Waals surface area (Å²) in [6, 6.07) is 19.6. The van der Waals surface area contributed by atoms with Gasteiger partial charge < -0.3 is 21.5 Å². The maximum absolute atomic E-state index is 6.10. The summed E-state index contributed by atoms with van der Waals surface area (Å²) in [4.78, 5) is 4.91. The van der Waals surface area contributed by atoms with Gasteiger partial charge in [0.25, 0.3) is 0 Å². The highest BCUT2D eigenvalue weighted by molar-refractivity contribution is 5.78. The number of hydrogen-bond acceptors (Lipinski definition) is 6. The van der Waals surface area contributed by atoms with E-state index < -0.39 is 0 Å². The number of nitrogens with two attached hydrogens (primary N) is 2. The molecule has 31 heavy (non-hydrogen) atoms. The topological polar surface area (TPSA) is 103 Å². The lowest BCUT2D eigenvalue weighted by Crippen LogP contribution is -2.25. The lowest BCUT2D eigenvalue weighted by molar-refractivity contribution is 0.391. The van der Waals surface area contributed by atoms with Gasteiger partial charge in [0.1, 0.15) is 11.6 Å². The van der Waals surface area contributed by atoms with Crippen molar-refractivity contribution < 1.29 is 4.74 Å². The third-order valence-electron chi connectivity index (χ3n) is 5.78. The summed E-state index contributed by atoms with van der Waals surface area (Å²) in [6.07, 6.45) is 6.16. The van der Waals surface area contributed by atoms with Crippen molar-refractivity contribution >= 4 is 22.8 Å². The van der Waals surface area contributed by atoms with Crippen molar-refractivity contribution in [2.75, 3.05) is 11.1 Å². The van der Waals surface area contributed by atoms with Crippen LogP contribution in [0.4, 0.5) is 17.2 Å². The van der Waals surface area contributed by atoms with Crippen LogP contribution in [0.1, 0.15) is 37.3 Å². The predicted molar refractivity (Wildman–Crippen MR) is 123 cm³/mol. The summed E-state index contributed by atoms with van der Waals surface area (Å²) >= 11 is 0. The molecule has 158 valence electrons. The van der Waals surface area contributed by atoms with Gasteiger partial charge in [0.15, 0.2) is 11.4 Å². The molecule has 2 heterocycles. The van der Waals surface area contributed by atoms with Crippen molar-refractivity contribution in [1.82, 2.24) is 14.6 Å². The summed E-state index contributed by atoms with van der Waals surface area (Å²) in [7, 11) is 0. The molecule has 1 fully saturated rings. The van der Waals surface area contributed by atoms with Gasteiger partial charge in [0.2, 0.25) is 0 Å². The van der Waals surface area contributed by atoms with Gasteiger partial charge in [-0.3, -0.25) is 0 Å². The average molecular weight is 415 g/mol. The molecule has 0 unspecified atom stereocenters. The zero-order chi connectivity index (χ0) is 21.2. The number of benzene rings is 2. The molecule has 0 aliphatic heterocycles. The summed E-state index contributed by atoms with van der Waals surface area (Å²) in [5.74, 6) is 2.32. The fraction of sp³-hybridized carbons (Fsp3) is 0.250. The van der Waals surface area contributed by atoms with Crippen molar-refractivity contribution in [3.8, 4) is 11.5 Å². The number of rotatable bonds is 5. The van der Waals surface area contributed by atoms with Crippen LogP contribution in [-0.4, -0.2) is 20.6 Å². The Morgan fingerprint density at radius 3 is 2.48 bits per heavy atom. The Labute approximate surface area is 181 Å². The number of nitrogens with zero attached hydrogens (tertiary/aromatic N) is 3. The van der Waals surface area contributed by atoms with Gasteiger partial charge in [-0.1, -0.05) is 30.3 Å². The van der Waals surface area contributed by atoms with E-state index in [4.69, 9.17) is 21.2 Å². The zero-order valence-corrected chi connectivity index (χ0v) is 17.2. The van der Waals surface area contributed by atoms with Crippen LogP contribution in [0.25, 0.3) is 5.65 Å². The molecule has 1 aliphatic rings. The number of imidazole rings is 1. The second-order valence-corrected chi connectivity index (χ2v) is 8.06. The number of nitrogen functional groups attached to an aromatic ring is 1. The second-order valence-electron chi connectivity index (χ2n) is 8.06. The monoisotopic (exact) mass is 414 g/mol. The van der Waals surface area contributed by atoms with Crippen LogP contribution in [-0.2, 0) is 0 Å². The van der Waals surface area contributed by atoms with Crippen LogP contribution in [0.5, 0.6) is 11.5 Å². The summed E-state index contributed by atoms with van der Waals surface area (Å²) in [5, 5.41) is 7.89. The largest absolute Gasteiger partial charge is 0.455 e. The van der Waals surface area contributed by atoms with E-state index in [9.17, 15) is 0 Å². The Kier molecular flexibility index (Phi) is 5.18. The quantitative estimate of drug-likeness (QED) is 0.432. The molecular weight excluding hydrogens is 388 g/mol. The Morgan fingerprint density at radius 2 is 1.68 bits per heavy atom. The Bertz CT molecular complexity index is 1180. The van der Waals surface area contributed by atoms with E-state index in [0.717, 1.165) is 59.9 Å². The van der Waals surface area contributed by atoms with Gasteiger partial charge in [0.05, 0.1) is 23.3 Å². The number of hydrogen-bond donors (Lipinski definition) is 3. The van der Waals surface area contributed by atoms with Crippen LogP contribution in [0, 0.1) is 0 Å². The van der Waals surface area contributed by atoms with Crippen molar-refractivity contribution in [2.45, 2.75) is 37.6 Å². The van der Waals surface area contributed by atoms with Gasteiger partial charge in [-0.15, -0.1) is 5.10 Å². The molecule has 0 amide bonds. The van der Waals surface area contributed by atoms with E-state index in [1.165, 1.54) is 0 Å². The summed E-state index contributed by atoms with van der Waals surface area (Å²) in [6.45, 7) is 0. The Balaban J connectivity index is 1.47. The molecule has 0 spiro atoms. The van der Waals surface area contributed by atoms with Gasteiger partial charge in [-0.2, -0.15) is 0 Å². The predicted octanol–water partition coefficient (Wildman–Crippen LogP) is 4.83. The van der Waals surface area contributed by atoms with Gasteiger partial charge in [-0.25, -0.2) is 9.50 Å². The highest BCUT2D eigenvalue weighted by Gasteiger charge is 2.23. The molecule has 7 heteroatoms. The van der Waals surface area contributed by atoms with Crippen LogP contribution < -0.4 is 21.5 Å². The third kappa shape index (κ3) is 4.18. The zero-order valence-electron chi connectivity index (χ0n) is 17.2. The number of anilines is 3. The Morgan fingerprint density at radius 1 is 0.935 bits per heavy atom. The number of para-hydroxylation sites is 3. The van der Waals surface area contributed by atoms with Gasteiger partial charge in [-0.05, 0) is 49.9 Å². The molecule has 0 saturated heterocycles. The molecule has 0 atom stereocenters. The van der Waals surface area contributed by atoms with Crippen LogP contribution in [0.15, 0.2) is 66.9 Å². The number of ether oxygens (including phenoxy) is 1. The average Bonchev–Trinajstić information content (AvgIpc) is 3.20. The molecule has 1 aliphatic carbocycles. The van der Waals surface area contributed by atoms with Crippen LogP contribution >= 0.6 is 0 Å². The van der Waals surface area contributed by atoms with Crippen molar-refractivity contribution in [3.63, 3.8) is 0 Å². The molecule has 7 nitrogen and oxygen atoms in total. The maximum atomic E-state index is 6.10. The number of aromatic nitrogens is 3. The molecule has 0 radical (unpaired) electrons. The van der Waals surface area contributed by atoms with E-state index in [0.29, 0.717) is 17.8 Å². The van der Waals surface area contributed by atoms with Crippen LogP contribution in [0.3, 0.4) is 0 Å². The molecule has 1 saturated carbocycles. The van der Waals surface area contributed by atoms with Gasteiger partial charge in [0, 0.05) is 18.0 Å². The highest BCUT2D eigenvalue weighted by atomic mass is 16.5. The molecular formula is C24H26N6O. The lowest BCUT2D eigenvalue weighted by Gasteiger charge is -2.24. The fourth-order valence-corrected chi connectivity index (χ4v) is 4.14. The highest BCUT2D eigenvalue weighted by Crippen LogP contribution is 2.35. The van der Waals surface area contributed by atoms with Crippen molar-refractivity contribution in [1.29, 1.82) is 0 Å². The minimum absolute atomic E-state index is 0.306. The first kappa shape index (κ1) is 19.4. The smallest absolute Gasteiger partial charge is 0.177 e. The second kappa shape index (κ2) is 8.28. The molecule has 5 N–H and O–H groups in total. The Hall–Kier alpha value is -3.58. The maximum Gasteiger partial charge on any atom is 0.177 e. The number of nitrogens with one attached hydrogen (secondary N) is 1. The van der Waals surface area contributed by atoms with Crippen molar-refractivity contribution in [2.24, 2.45) is 5.73 Å². The third-order valence-corrected chi connectivity index (χ3v) is 5.78. The molecule has 2 aromatic carbocycles. The van der Waals surface area contributed by atoms with E-state index in [2.05, 4.69) is 10.4 Å². The molecule has 4 aromatic rings. The fourth-order valence-electron chi connectivity index (χ4n) is 4.14. The molecule has 0 bridgehead atoms. The number of fused-ring (bicyclic) bond motifs is 1. The summed E-state index contributed by atoms with van der Waals surface area (Å²) in [5.41, 5.74) is 15.6. The summed E-state index contributed by atoms with van der Waals surface area (Å²) < 4.78 is 7.85. The first-order chi connectivity index (χ1) is 15.2. The lowest BCUT2D eigenvalue weighted by atomic mass is 9.85. The first-order valence-electron chi connectivity index (χ1n) is 10.7. The van der Waals surface area contributed by atoms with E-state index in [-0.39, 0.29) is 0 Å². The molecule has 2 aromatic heterocycles. The SMILES string of the molecule is Nc1cc(Nc2ccccc2Oc2ccccc2)c2nc(C3CCC(N)CC3)cn2n1. The molecule has 5 rings (SSSR count). The standard InChI is InChI=1S/C24H26N6O/c25-17-12-10-16(11-13-17)21-15-30-24(28-21)20(14-23(26)29-30)27-19-8-4-5-9-22(19)31-18-6-2-1-3-7-18/h1-9,14-17,27H,10-13,25H2,(H2,26,29). The van der Waals surface area contributed by atoms with E-state index in [1.54, 1.807) is 4.52 Å². The van der Waals surface area contributed by atoms with Crippen molar-refractivity contribution in [3.05, 3.63) is 72.6 Å². The van der Waals surface area contributed by atoms with E-state index >= 15 is 0 Å². The normalized spacial score (nSPS) is 18.7. The van der Waals surface area contributed by atoms with Crippen LogP contribution in [0.2, 0.25) is 0 Å². The first-order valence-corrected chi connectivity index (χ1v) is 10.7. The van der Waals surface area contributed by atoms with E-state index in [1.807, 2.05) is 66.9 Å². The minimum atomic E-state index is 0.306.